The Kier molecular flexibility index (Phi) is 4.64. The van der Waals surface area contributed by atoms with Gasteiger partial charge in [-0.05, 0) is 80.6 Å². The summed E-state index contributed by atoms with van der Waals surface area (Å²) in [5.41, 5.74) is 1.20. The number of ketones is 1. The van der Waals surface area contributed by atoms with Gasteiger partial charge in [-0.25, -0.2) is 0 Å². The lowest BCUT2D eigenvalue weighted by atomic mass is 9.56. The topological polar surface area (TPSA) is 58.6 Å². The van der Waals surface area contributed by atoms with E-state index in [0.29, 0.717) is 47.5 Å². The summed E-state index contributed by atoms with van der Waals surface area (Å²) in [5, 5.41) is 14.1. The number of hydrogen-bond donors (Lipinski definition) is 2. The SMILES string of the molecule is C[C@@H]1CN[C@H]2[C@@H](C)[C@@]3(CC[C@H]4[C@@H]5CC=C6C[C@@H](O)CC[C@]6(C)[C@H]5C(=O)[C@@H]4[C@H]3C)O[C@@H]2C1. The maximum Gasteiger partial charge on any atom is 0.140 e. The van der Waals surface area contributed by atoms with Gasteiger partial charge in [0.15, 0.2) is 0 Å². The van der Waals surface area contributed by atoms with Crippen LogP contribution in [0.3, 0.4) is 0 Å². The number of piperidine rings is 1. The molecule has 4 aliphatic carbocycles. The minimum Gasteiger partial charge on any atom is -0.393 e. The molecule has 0 unspecified atom stereocenters. The second-order valence-electron chi connectivity index (χ2n) is 12.5. The van der Waals surface area contributed by atoms with Crippen molar-refractivity contribution < 1.29 is 14.6 Å². The highest BCUT2D eigenvalue weighted by Crippen LogP contribution is 2.65. The summed E-state index contributed by atoms with van der Waals surface area (Å²) < 4.78 is 6.98. The summed E-state index contributed by atoms with van der Waals surface area (Å²) in [7, 11) is 0. The number of hydrogen-bond acceptors (Lipinski definition) is 4. The number of Topliss-reactive ketones (excluding diaryl/α,β-unsaturated/α-hetero) is 1. The molecule has 0 aromatic carbocycles. The van der Waals surface area contributed by atoms with Crippen LogP contribution in [0.15, 0.2) is 11.6 Å². The lowest BCUT2D eigenvalue weighted by molar-refractivity contribution is -0.153. The molecular formula is C27H41NO3. The minimum absolute atomic E-state index is 0.0312. The van der Waals surface area contributed by atoms with Gasteiger partial charge in [-0.2, -0.15) is 0 Å². The van der Waals surface area contributed by atoms with E-state index in [1.807, 2.05) is 0 Å². The van der Waals surface area contributed by atoms with Gasteiger partial charge >= 0.3 is 0 Å². The van der Waals surface area contributed by atoms with E-state index in [1.165, 1.54) is 5.57 Å². The van der Waals surface area contributed by atoms with Crippen LogP contribution in [0.2, 0.25) is 0 Å². The predicted molar refractivity (Wildman–Crippen MR) is 120 cm³/mol. The van der Waals surface area contributed by atoms with Crippen molar-refractivity contribution in [2.24, 2.45) is 46.8 Å². The number of fused-ring (bicyclic) bond motifs is 6. The van der Waals surface area contributed by atoms with Crippen molar-refractivity contribution in [1.29, 1.82) is 0 Å². The Balaban J connectivity index is 1.32. The number of rotatable bonds is 0. The van der Waals surface area contributed by atoms with Crippen LogP contribution in [0.4, 0.5) is 0 Å². The van der Waals surface area contributed by atoms with Gasteiger partial charge in [0.25, 0.3) is 0 Å². The largest absolute Gasteiger partial charge is 0.393 e. The molecule has 0 radical (unpaired) electrons. The second kappa shape index (κ2) is 6.90. The van der Waals surface area contributed by atoms with E-state index >= 15 is 0 Å². The molecule has 2 aliphatic heterocycles. The molecule has 0 aromatic heterocycles. The molecule has 172 valence electrons. The molecule has 4 nitrogen and oxygen atoms in total. The summed E-state index contributed by atoms with van der Waals surface area (Å²) >= 11 is 0. The molecule has 4 heteroatoms. The van der Waals surface area contributed by atoms with Crippen molar-refractivity contribution in [3.8, 4) is 0 Å². The monoisotopic (exact) mass is 427 g/mol. The Labute approximate surface area is 187 Å². The summed E-state index contributed by atoms with van der Waals surface area (Å²) in [6, 6.07) is 0.444. The van der Waals surface area contributed by atoms with Crippen molar-refractivity contribution in [3.05, 3.63) is 11.6 Å². The number of aliphatic hydroxyl groups excluding tert-OH is 1. The summed E-state index contributed by atoms with van der Waals surface area (Å²) in [6.45, 7) is 10.5. The fourth-order valence-corrected chi connectivity index (χ4v) is 9.56. The third kappa shape index (κ3) is 2.68. The molecule has 31 heavy (non-hydrogen) atoms. The van der Waals surface area contributed by atoms with Crippen LogP contribution in [0.25, 0.3) is 0 Å². The zero-order valence-corrected chi connectivity index (χ0v) is 19.8. The Morgan fingerprint density at radius 2 is 1.94 bits per heavy atom. The normalized spacial score (nSPS) is 58.4. The first-order valence-electron chi connectivity index (χ1n) is 13.1. The van der Waals surface area contributed by atoms with Gasteiger partial charge in [0, 0.05) is 23.8 Å². The average Bonchev–Trinajstić information content (AvgIpc) is 3.18. The molecule has 2 N–H and O–H groups in total. The van der Waals surface area contributed by atoms with Crippen LogP contribution in [0.5, 0.6) is 0 Å². The van der Waals surface area contributed by atoms with Gasteiger partial charge < -0.3 is 15.2 Å². The number of aliphatic hydroxyl groups is 1. The van der Waals surface area contributed by atoms with E-state index in [2.05, 4.69) is 39.1 Å². The molecule has 0 bridgehead atoms. The van der Waals surface area contributed by atoms with Crippen LogP contribution in [0.1, 0.15) is 72.6 Å². The van der Waals surface area contributed by atoms with E-state index < -0.39 is 0 Å². The first-order valence-corrected chi connectivity index (χ1v) is 13.1. The molecule has 6 aliphatic rings. The lowest BCUT2D eigenvalue weighted by Crippen LogP contribution is -2.53. The quantitative estimate of drug-likeness (QED) is 0.571. The highest BCUT2D eigenvalue weighted by Gasteiger charge is 2.67. The zero-order chi connectivity index (χ0) is 21.7. The molecule has 0 aromatic rings. The number of ether oxygens (including phenoxy) is 1. The molecule has 1 spiro atoms. The molecule has 2 heterocycles. The van der Waals surface area contributed by atoms with Gasteiger partial charge in [-0.15, -0.1) is 0 Å². The number of carbonyl (C=O) groups is 1. The van der Waals surface area contributed by atoms with Gasteiger partial charge in [-0.3, -0.25) is 4.79 Å². The molecule has 12 atom stereocenters. The second-order valence-corrected chi connectivity index (χ2v) is 12.5. The third-order valence-electron chi connectivity index (χ3n) is 11.2. The fraction of sp³-hybridized carbons (Fsp3) is 0.889. The number of carbonyl (C=O) groups excluding carboxylic acids is 1. The van der Waals surface area contributed by atoms with Crippen molar-refractivity contribution >= 4 is 5.78 Å². The standard InChI is InChI=1S/C27H41NO3/c1-14-11-21-24(28-13-14)16(3)27(31-21)10-8-19-20-6-5-17-12-18(29)7-9-26(17,4)23(20)25(30)22(19)15(27)2/h5,14-16,18-24,28-29H,6-13H2,1-4H3/t14-,15+,16+,18-,19-,20-,21+,22+,23+,24-,26-,27-/m0/s1. The zero-order valence-electron chi connectivity index (χ0n) is 19.8. The number of nitrogens with one attached hydrogen (secondary N) is 1. The van der Waals surface area contributed by atoms with Crippen molar-refractivity contribution in [2.75, 3.05) is 6.54 Å². The van der Waals surface area contributed by atoms with Gasteiger partial charge in [0.2, 0.25) is 0 Å². The van der Waals surface area contributed by atoms with Crippen molar-refractivity contribution in [1.82, 2.24) is 5.32 Å². The number of allylic oxidation sites excluding steroid dienone is 1. The van der Waals surface area contributed by atoms with Crippen LogP contribution in [0, 0.1) is 46.8 Å². The van der Waals surface area contributed by atoms with E-state index in [4.69, 9.17) is 4.74 Å². The maximum atomic E-state index is 14.2. The first kappa shape index (κ1) is 20.9. The average molecular weight is 428 g/mol. The summed E-state index contributed by atoms with van der Waals surface area (Å²) in [6.07, 6.45) is 9.53. The van der Waals surface area contributed by atoms with E-state index in [1.54, 1.807) is 0 Å². The van der Waals surface area contributed by atoms with Crippen LogP contribution < -0.4 is 5.32 Å². The van der Waals surface area contributed by atoms with Gasteiger partial charge in [0.05, 0.1) is 17.8 Å². The van der Waals surface area contributed by atoms with Crippen LogP contribution >= 0.6 is 0 Å². The summed E-state index contributed by atoms with van der Waals surface area (Å²) in [4.78, 5) is 14.2. The molecule has 6 rings (SSSR count). The molecule has 0 amide bonds. The Morgan fingerprint density at radius 3 is 2.74 bits per heavy atom. The van der Waals surface area contributed by atoms with E-state index in [0.717, 1.165) is 51.5 Å². The molecule has 5 fully saturated rings. The van der Waals surface area contributed by atoms with E-state index in [9.17, 15) is 9.90 Å². The van der Waals surface area contributed by atoms with E-state index in [-0.39, 0.29) is 29.0 Å². The highest BCUT2D eigenvalue weighted by atomic mass is 16.5. The van der Waals surface area contributed by atoms with Crippen molar-refractivity contribution in [3.63, 3.8) is 0 Å². The van der Waals surface area contributed by atoms with Crippen LogP contribution in [-0.4, -0.2) is 41.3 Å². The van der Waals surface area contributed by atoms with Crippen LogP contribution in [-0.2, 0) is 9.53 Å². The maximum absolute atomic E-state index is 14.2. The van der Waals surface area contributed by atoms with Gasteiger partial charge in [-0.1, -0.05) is 39.3 Å². The fourth-order valence-electron chi connectivity index (χ4n) is 9.56. The Hall–Kier alpha value is -0.710. The Bertz CT molecular complexity index is 808. The highest BCUT2D eigenvalue weighted by molar-refractivity contribution is 5.88. The molecule has 2 saturated heterocycles. The molecular weight excluding hydrogens is 386 g/mol. The first-order chi connectivity index (χ1) is 14.8. The van der Waals surface area contributed by atoms with Crippen molar-refractivity contribution in [2.45, 2.75) is 96.5 Å². The smallest absolute Gasteiger partial charge is 0.140 e. The Morgan fingerprint density at radius 1 is 1.13 bits per heavy atom. The van der Waals surface area contributed by atoms with Gasteiger partial charge in [0.1, 0.15) is 5.78 Å². The molecule has 3 saturated carbocycles. The third-order valence-corrected chi connectivity index (χ3v) is 11.2. The predicted octanol–water partition coefficient (Wildman–Crippen LogP) is 4.12. The minimum atomic E-state index is -0.220. The lowest BCUT2D eigenvalue weighted by Gasteiger charge is -2.49. The summed E-state index contributed by atoms with van der Waals surface area (Å²) in [5.74, 6) is 3.29.